The van der Waals surface area contributed by atoms with Crippen LogP contribution in [0.15, 0.2) is 30.5 Å². The third kappa shape index (κ3) is 36.3. The summed E-state index contributed by atoms with van der Waals surface area (Å²) in [6, 6.07) is 1.62. The van der Waals surface area contributed by atoms with Gasteiger partial charge in [-0.2, -0.15) is 0 Å². The first-order valence-electron chi connectivity index (χ1n) is 36.0. The number of nitrogens with one attached hydrogen (secondary N) is 5. The maximum Gasteiger partial charge on any atom is 0.326 e. The van der Waals surface area contributed by atoms with E-state index in [1.165, 1.54) is 18.3 Å². The summed E-state index contributed by atoms with van der Waals surface area (Å²) in [5, 5.41) is 85.8. The molecular formula is C68H109FN11O25P3Si. The molecule has 1 fully saturated rings. The first-order valence-corrected chi connectivity index (χ1v) is 43.4. The van der Waals surface area contributed by atoms with Gasteiger partial charge in [-0.1, -0.05) is 65.3 Å². The monoisotopic (exact) mass is 1620 g/mol. The second-order valence-electron chi connectivity index (χ2n) is 29.4. The minimum atomic E-state index is -4.08. The summed E-state index contributed by atoms with van der Waals surface area (Å²) in [6.07, 6.45) is -3.46. The van der Waals surface area contributed by atoms with E-state index in [2.05, 4.69) is 36.9 Å². The summed E-state index contributed by atoms with van der Waals surface area (Å²) < 4.78 is 45.0. The molecule has 1 aromatic carbocycles. The number of rotatable bonds is 52. The minimum Gasteiger partial charge on any atom is -0.481 e. The number of carboxylic acid groups (broad SMARTS) is 7. The van der Waals surface area contributed by atoms with Crippen LogP contribution >= 0.6 is 23.3 Å². The van der Waals surface area contributed by atoms with E-state index < -0.39 is 204 Å². The number of hydrogen-bond donors (Lipinski definition) is 14. The van der Waals surface area contributed by atoms with Gasteiger partial charge in [-0.3, -0.25) is 81.4 Å². The fourth-order valence-corrected chi connectivity index (χ4v) is 21.4. The molecule has 1 aromatic heterocycles. The number of Topliss-reactive ketones (excluding diaryl/α,β-unsaturated/α-hetero) is 2. The molecule has 3 rings (SSSR count). The molecule has 3 unspecified atom stereocenters. The van der Waals surface area contributed by atoms with Crippen LogP contribution < -0.4 is 31.8 Å². The van der Waals surface area contributed by atoms with Gasteiger partial charge in [-0.15, -0.1) is 13.7 Å². The van der Waals surface area contributed by atoms with E-state index in [1.54, 1.807) is 21.9 Å². The lowest BCUT2D eigenvalue weighted by atomic mass is 9.90. The number of aliphatic carboxylic acids is 7. The molecule has 14 N–H and O–H groups in total. The van der Waals surface area contributed by atoms with Crippen molar-refractivity contribution in [1.82, 2.24) is 56.3 Å². The molecule has 41 heteroatoms. The Balaban J connectivity index is 1.62. The molecule has 612 valence electrons. The third-order valence-corrected chi connectivity index (χ3v) is 28.4. The number of carbonyl (C=O) groups is 14. The quantitative estimate of drug-likeness (QED) is 0.0194. The molecule has 0 saturated carbocycles. The SMILES string of the molecule is CC(C)(C)[Si](F)(c1ccc(C(=O)NC[C@H](C(=O)N[C@@H](CCCCNC(=O)CCC(=O)CCCC[C@H](NC(=O)CC[C@H](CC(=O)C[C@@H](CCC(=O)O)C(=O)O)C(=O)O)C(=O)O)C(=O)O)n2cc(CNC(=O)CCP(=O)(O)CN3CCN(CPCCC(=O)O)CCN(CP(=O)(O)CCC(=O)O)CC3)nn2)cc1)C(C)(C)C. The Morgan fingerprint density at radius 1 is 0.541 bits per heavy atom. The maximum atomic E-state index is 17.2. The van der Waals surface area contributed by atoms with E-state index in [4.69, 9.17) is 15.3 Å². The predicted octanol–water partition coefficient (Wildman–Crippen LogP) is 3.67. The van der Waals surface area contributed by atoms with Crippen molar-refractivity contribution in [2.45, 2.75) is 192 Å². The molecule has 2 heterocycles. The van der Waals surface area contributed by atoms with Gasteiger partial charge in [0.2, 0.25) is 38.4 Å². The first-order chi connectivity index (χ1) is 50.8. The van der Waals surface area contributed by atoms with Crippen molar-refractivity contribution < 1.29 is 126 Å². The summed E-state index contributed by atoms with van der Waals surface area (Å²) in [7, 11) is -11.5. The van der Waals surface area contributed by atoms with E-state index in [-0.39, 0.29) is 135 Å². The first kappa shape index (κ1) is 95.4. The number of halogens is 1. The average Bonchev–Trinajstić information content (AvgIpc) is 0.940. The van der Waals surface area contributed by atoms with Gasteiger partial charge in [0.1, 0.15) is 35.4 Å². The zero-order valence-corrected chi connectivity index (χ0v) is 66.4. The van der Waals surface area contributed by atoms with Crippen molar-refractivity contribution >= 4 is 120 Å². The molecule has 8 atom stereocenters. The fraction of sp³-hybridized carbons (Fsp3) is 0.676. The van der Waals surface area contributed by atoms with Crippen molar-refractivity contribution in [3.05, 3.63) is 41.7 Å². The van der Waals surface area contributed by atoms with Crippen LogP contribution in [0.1, 0.15) is 179 Å². The van der Waals surface area contributed by atoms with Crippen molar-refractivity contribution in [3.8, 4) is 0 Å². The summed E-state index contributed by atoms with van der Waals surface area (Å²) in [6.45, 7) is 12.0. The Morgan fingerprint density at radius 2 is 1.04 bits per heavy atom. The number of amides is 5. The highest BCUT2D eigenvalue weighted by atomic mass is 31.2. The zero-order chi connectivity index (χ0) is 82.0. The second kappa shape index (κ2) is 46.1. The van der Waals surface area contributed by atoms with Crippen LogP contribution in [0.2, 0.25) is 10.1 Å². The van der Waals surface area contributed by atoms with Gasteiger partial charge in [0.15, 0.2) is 0 Å². The molecule has 1 saturated heterocycles. The topological polar surface area (TPSA) is 556 Å². The molecule has 2 aromatic rings. The molecule has 5 amide bonds. The summed E-state index contributed by atoms with van der Waals surface area (Å²) in [5.41, 5.74) is 0.181. The van der Waals surface area contributed by atoms with Crippen LogP contribution in [0, 0.1) is 11.8 Å². The van der Waals surface area contributed by atoms with Crippen molar-refractivity contribution in [1.29, 1.82) is 0 Å². The highest BCUT2D eigenvalue weighted by Crippen LogP contribution is 2.51. The predicted molar refractivity (Wildman–Crippen MR) is 398 cm³/mol. The maximum absolute atomic E-state index is 17.2. The second-order valence-corrected chi connectivity index (χ2v) is 40.4. The van der Waals surface area contributed by atoms with Gasteiger partial charge in [0.25, 0.3) is 14.3 Å². The van der Waals surface area contributed by atoms with Gasteiger partial charge >= 0.3 is 41.8 Å². The smallest absolute Gasteiger partial charge is 0.326 e. The molecular weight excluding hydrogens is 1510 g/mol. The van der Waals surface area contributed by atoms with E-state index in [9.17, 15) is 106 Å². The fourth-order valence-electron chi connectivity index (χ4n) is 12.4. The molecule has 0 aliphatic carbocycles. The van der Waals surface area contributed by atoms with Crippen molar-refractivity contribution in [2.24, 2.45) is 11.8 Å². The van der Waals surface area contributed by atoms with E-state index in [0.717, 1.165) is 4.68 Å². The summed E-state index contributed by atoms with van der Waals surface area (Å²) in [5.74, 6) is -16.7. The van der Waals surface area contributed by atoms with Crippen LogP contribution in [0.3, 0.4) is 0 Å². The number of aromatic nitrogens is 3. The third-order valence-electron chi connectivity index (χ3n) is 18.4. The highest BCUT2D eigenvalue weighted by Gasteiger charge is 2.56. The van der Waals surface area contributed by atoms with Gasteiger partial charge in [-0.05, 0) is 78.5 Å². The van der Waals surface area contributed by atoms with Gasteiger partial charge in [0, 0.05) is 134 Å². The number of unbranched alkanes of at least 4 members (excludes halogenated alkanes) is 2. The highest BCUT2D eigenvalue weighted by molar-refractivity contribution is 7.58. The van der Waals surface area contributed by atoms with E-state index in [0.29, 0.717) is 43.8 Å². The normalized spacial score (nSPS) is 16.1. The molecule has 0 spiro atoms. The molecule has 36 nitrogen and oxygen atoms in total. The van der Waals surface area contributed by atoms with E-state index >= 15 is 4.11 Å². The molecule has 1 aliphatic heterocycles. The molecule has 1 aliphatic rings. The van der Waals surface area contributed by atoms with Crippen LogP contribution in [0.5, 0.6) is 0 Å². The minimum absolute atomic E-state index is 0.0286. The Morgan fingerprint density at radius 3 is 1.55 bits per heavy atom. The number of hydrogen-bond acceptors (Lipinski definition) is 21. The van der Waals surface area contributed by atoms with Gasteiger partial charge in [0.05, 0.1) is 43.6 Å². The Kier molecular flexibility index (Phi) is 40.4. The van der Waals surface area contributed by atoms with Gasteiger partial charge < -0.3 is 76.2 Å². The van der Waals surface area contributed by atoms with Crippen LogP contribution in [-0.4, -0.2) is 268 Å². The number of carbonyl (C=O) groups excluding carboxylic acids is 7. The standard InChI is InChI=1S/C68H109FN11O25P3Si/c1-67(2,3)109(69,68(4,5)6)51-19-14-45(15-20-51)61(92)72-40-54(80-41-48(75-76-80)39-71-56(84)25-35-107(102,103)43-78-30-28-77(42-106-34-24-59(88)89)29-31-79(33-32-78)44-108(104,105)36-26-60(90)91)62(93)74-53(66(100)101)13-9-10-27-70-55(83)22-18-49(81)11-7-8-12-52(65(98)99)73-57(85)21-16-46(63(94)95)37-50(82)38-47(64(96)97)17-23-58(86)87/h14-15,19-20,41,46-47,52-54,106H,7-13,16-18,21-40,42-44H2,1-6H3,(H,70,83)(H,71,84)(H,72,92)(H,73,85)(H,74,93)(H,86,87)(H,88,89)(H,90,91)(H,94,95)(H,96,97)(H,98,99)(H,100,101)(H,102,103)(H,104,105)/t46-,47-,52+,53+,54-/m1/s1. The molecule has 109 heavy (non-hydrogen) atoms. The lowest BCUT2D eigenvalue weighted by molar-refractivity contribution is -0.146. The summed E-state index contributed by atoms with van der Waals surface area (Å²) >= 11 is 0. The molecule has 0 radical (unpaired) electrons. The summed E-state index contributed by atoms with van der Waals surface area (Å²) in [4.78, 5) is 200. The Bertz CT molecular complexity index is 3550. The number of ketones is 2. The lowest BCUT2D eigenvalue weighted by Gasteiger charge is -2.44. The lowest BCUT2D eigenvalue weighted by Crippen LogP contribution is -2.57. The van der Waals surface area contributed by atoms with Gasteiger partial charge in [-0.25, -0.2) is 14.3 Å². The molecule has 0 bridgehead atoms. The average molecular weight is 1620 g/mol. The largest absolute Gasteiger partial charge is 0.481 e. The van der Waals surface area contributed by atoms with Crippen LogP contribution in [0.4, 0.5) is 4.11 Å². The van der Waals surface area contributed by atoms with Crippen molar-refractivity contribution in [3.63, 3.8) is 0 Å². The van der Waals surface area contributed by atoms with Crippen molar-refractivity contribution in [2.75, 3.05) is 89.7 Å². The Hall–Kier alpha value is -7.82. The number of carboxylic acids is 7. The number of nitrogens with zero attached hydrogens (tertiary/aromatic N) is 6. The van der Waals surface area contributed by atoms with Crippen LogP contribution in [-0.2, 0) is 78.0 Å². The number of benzene rings is 1. The Labute approximate surface area is 634 Å². The van der Waals surface area contributed by atoms with E-state index in [1.807, 2.05) is 46.4 Å². The van der Waals surface area contributed by atoms with Crippen LogP contribution in [0.25, 0.3) is 0 Å². The zero-order valence-electron chi connectivity index (χ0n) is 62.6.